The summed E-state index contributed by atoms with van der Waals surface area (Å²) in [5.74, 6) is 0.184. The van der Waals surface area contributed by atoms with Crippen molar-refractivity contribution in [3.8, 4) is 0 Å². The maximum Gasteiger partial charge on any atom is 0.254 e. The van der Waals surface area contributed by atoms with Crippen LogP contribution in [0.15, 0.2) is 24.3 Å². The summed E-state index contributed by atoms with van der Waals surface area (Å²) >= 11 is 0. The highest BCUT2D eigenvalue weighted by atomic mass is 16.2. The van der Waals surface area contributed by atoms with Crippen LogP contribution in [0.4, 0.5) is 0 Å². The highest BCUT2D eigenvalue weighted by molar-refractivity contribution is 5.97. The first-order chi connectivity index (χ1) is 9.27. The Morgan fingerprint density at radius 2 is 1.89 bits per heavy atom. The van der Waals surface area contributed by atoms with E-state index in [0.717, 1.165) is 31.4 Å². The number of nitrogens with zero attached hydrogens (tertiary/aromatic N) is 1. The molecule has 3 heteroatoms. The monoisotopic (exact) mass is 258 g/mol. The molecule has 1 saturated carbocycles. The smallest absolute Gasteiger partial charge is 0.254 e. The van der Waals surface area contributed by atoms with Gasteiger partial charge < -0.3 is 10.6 Å². The van der Waals surface area contributed by atoms with Gasteiger partial charge in [-0.1, -0.05) is 37.5 Å². The Hall–Kier alpha value is -1.35. The number of carbonyl (C=O) groups is 1. The highest BCUT2D eigenvalue weighted by Gasteiger charge is 2.33. The van der Waals surface area contributed by atoms with E-state index in [1.54, 1.807) is 0 Å². The van der Waals surface area contributed by atoms with E-state index in [0.29, 0.717) is 0 Å². The molecule has 1 heterocycles. The van der Waals surface area contributed by atoms with Gasteiger partial charge in [0.2, 0.25) is 0 Å². The number of carbonyl (C=O) groups excluding carboxylic acids is 1. The summed E-state index contributed by atoms with van der Waals surface area (Å²) in [6, 6.07) is 8.37. The normalized spacial score (nSPS) is 27.8. The summed E-state index contributed by atoms with van der Waals surface area (Å²) in [6.07, 6.45) is 6.74. The summed E-state index contributed by atoms with van der Waals surface area (Å²) < 4.78 is 0. The summed E-state index contributed by atoms with van der Waals surface area (Å²) in [4.78, 5) is 14.7. The molecule has 0 saturated heterocycles. The van der Waals surface area contributed by atoms with Gasteiger partial charge in [-0.3, -0.25) is 4.79 Å². The Labute approximate surface area is 114 Å². The van der Waals surface area contributed by atoms with Crippen LogP contribution in [0.2, 0.25) is 0 Å². The third-order valence-electron chi connectivity index (χ3n) is 4.56. The maximum atomic E-state index is 12.6. The molecule has 2 aliphatic rings. The molecule has 2 N–H and O–H groups in total. The Morgan fingerprint density at radius 1 is 1.11 bits per heavy atom. The molecule has 1 aliphatic carbocycles. The number of hydrogen-bond acceptors (Lipinski definition) is 2. The van der Waals surface area contributed by atoms with Crippen LogP contribution >= 0.6 is 0 Å². The fraction of sp³-hybridized carbons (Fsp3) is 0.562. The molecule has 0 spiro atoms. The van der Waals surface area contributed by atoms with Crippen LogP contribution in [0.1, 0.15) is 48.0 Å². The van der Waals surface area contributed by atoms with Gasteiger partial charge in [-0.05, 0) is 30.9 Å². The van der Waals surface area contributed by atoms with Crippen molar-refractivity contribution in [2.45, 2.75) is 50.6 Å². The molecule has 102 valence electrons. The molecule has 0 radical (unpaired) electrons. The van der Waals surface area contributed by atoms with Gasteiger partial charge in [-0.15, -0.1) is 0 Å². The van der Waals surface area contributed by atoms with E-state index in [1.165, 1.54) is 24.8 Å². The third-order valence-corrected chi connectivity index (χ3v) is 4.56. The van der Waals surface area contributed by atoms with Crippen molar-refractivity contribution in [1.29, 1.82) is 0 Å². The summed E-state index contributed by atoms with van der Waals surface area (Å²) in [6.45, 7) is 0.828. The van der Waals surface area contributed by atoms with Gasteiger partial charge in [-0.2, -0.15) is 0 Å². The van der Waals surface area contributed by atoms with E-state index < -0.39 is 0 Å². The SMILES string of the molecule is NC1CCCCCC1N1CCc2ccccc2C1=O. The second-order valence-electron chi connectivity index (χ2n) is 5.77. The fourth-order valence-electron chi connectivity index (χ4n) is 3.46. The molecule has 0 bridgehead atoms. The van der Waals surface area contributed by atoms with E-state index in [4.69, 9.17) is 5.73 Å². The average Bonchev–Trinajstić information content (AvgIpc) is 2.65. The Bertz CT molecular complexity index is 472. The average molecular weight is 258 g/mol. The van der Waals surface area contributed by atoms with E-state index >= 15 is 0 Å². The zero-order chi connectivity index (χ0) is 13.2. The Morgan fingerprint density at radius 3 is 2.79 bits per heavy atom. The van der Waals surface area contributed by atoms with Crippen molar-refractivity contribution in [2.24, 2.45) is 5.73 Å². The lowest BCUT2D eigenvalue weighted by atomic mass is 9.94. The predicted octanol–water partition coefficient (Wildman–Crippen LogP) is 2.34. The Balaban J connectivity index is 1.85. The number of benzene rings is 1. The number of hydrogen-bond donors (Lipinski definition) is 1. The molecule has 19 heavy (non-hydrogen) atoms. The van der Waals surface area contributed by atoms with E-state index in [2.05, 4.69) is 6.07 Å². The van der Waals surface area contributed by atoms with Gasteiger partial charge >= 0.3 is 0 Å². The molecule has 1 aromatic rings. The lowest BCUT2D eigenvalue weighted by Gasteiger charge is -2.38. The van der Waals surface area contributed by atoms with Crippen LogP contribution in [0.25, 0.3) is 0 Å². The van der Waals surface area contributed by atoms with Crippen LogP contribution in [0.5, 0.6) is 0 Å². The summed E-state index contributed by atoms with van der Waals surface area (Å²) in [5.41, 5.74) is 8.36. The summed E-state index contributed by atoms with van der Waals surface area (Å²) in [5, 5.41) is 0. The topological polar surface area (TPSA) is 46.3 Å². The van der Waals surface area contributed by atoms with Gasteiger partial charge in [0.05, 0.1) is 0 Å². The quantitative estimate of drug-likeness (QED) is 0.786. The number of nitrogens with two attached hydrogens (primary N) is 1. The lowest BCUT2D eigenvalue weighted by Crippen LogP contribution is -2.52. The standard InChI is InChI=1S/C16H22N2O/c17-14-8-2-1-3-9-15(14)18-11-10-12-6-4-5-7-13(12)16(18)19/h4-7,14-15H,1-3,8-11,17H2. The van der Waals surface area contributed by atoms with Gasteiger partial charge in [0.15, 0.2) is 0 Å². The predicted molar refractivity (Wildman–Crippen MR) is 76.0 cm³/mol. The molecule has 3 rings (SSSR count). The van der Waals surface area contributed by atoms with Gasteiger partial charge in [-0.25, -0.2) is 0 Å². The van der Waals surface area contributed by atoms with Crippen LogP contribution in [-0.4, -0.2) is 29.4 Å². The molecule has 1 fully saturated rings. The largest absolute Gasteiger partial charge is 0.334 e. The zero-order valence-corrected chi connectivity index (χ0v) is 11.3. The first kappa shape index (κ1) is 12.7. The third kappa shape index (κ3) is 2.39. The number of fused-ring (bicyclic) bond motifs is 1. The minimum Gasteiger partial charge on any atom is -0.334 e. The molecule has 1 aromatic carbocycles. The molecule has 1 amide bonds. The second-order valence-corrected chi connectivity index (χ2v) is 5.77. The van der Waals surface area contributed by atoms with E-state index in [-0.39, 0.29) is 18.0 Å². The van der Waals surface area contributed by atoms with Crippen LogP contribution in [0, 0.1) is 0 Å². The van der Waals surface area contributed by atoms with Crippen molar-refractivity contribution >= 4 is 5.91 Å². The number of rotatable bonds is 1. The molecule has 2 atom stereocenters. The minimum absolute atomic E-state index is 0.150. The number of amides is 1. The fourth-order valence-corrected chi connectivity index (χ4v) is 3.46. The van der Waals surface area contributed by atoms with Crippen LogP contribution < -0.4 is 5.73 Å². The molecule has 2 unspecified atom stereocenters. The molecular weight excluding hydrogens is 236 g/mol. The van der Waals surface area contributed by atoms with Crippen molar-refractivity contribution in [3.05, 3.63) is 35.4 Å². The van der Waals surface area contributed by atoms with E-state index in [9.17, 15) is 4.79 Å². The molecule has 3 nitrogen and oxygen atoms in total. The van der Waals surface area contributed by atoms with E-state index in [1.807, 2.05) is 23.1 Å². The van der Waals surface area contributed by atoms with Crippen molar-refractivity contribution in [2.75, 3.05) is 6.54 Å². The van der Waals surface area contributed by atoms with Crippen molar-refractivity contribution < 1.29 is 4.79 Å². The molecule has 1 aliphatic heterocycles. The van der Waals surface area contributed by atoms with Gasteiger partial charge in [0.1, 0.15) is 0 Å². The lowest BCUT2D eigenvalue weighted by molar-refractivity contribution is 0.0620. The van der Waals surface area contributed by atoms with Gasteiger partial charge in [0, 0.05) is 24.2 Å². The maximum absolute atomic E-state index is 12.6. The molecular formula is C16H22N2O. The minimum atomic E-state index is 0.150. The van der Waals surface area contributed by atoms with Crippen molar-refractivity contribution in [1.82, 2.24) is 4.90 Å². The summed E-state index contributed by atoms with van der Waals surface area (Å²) in [7, 11) is 0. The Kier molecular flexibility index (Phi) is 3.56. The molecule has 0 aromatic heterocycles. The van der Waals surface area contributed by atoms with Gasteiger partial charge in [0.25, 0.3) is 5.91 Å². The first-order valence-corrected chi connectivity index (χ1v) is 7.42. The van der Waals surface area contributed by atoms with Crippen LogP contribution in [-0.2, 0) is 6.42 Å². The zero-order valence-electron chi connectivity index (χ0n) is 11.3. The second kappa shape index (κ2) is 5.33. The van der Waals surface area contributed by atoms with Crippen molar-refractivity contribution in [3.63, 3.8) is 0 Å². The van der Waals surface area contributed by atoms with Crippen LogP contribution in [0.3, 0.4) is 0 Å². The first-order valence-electron chi connectivity index (χ1n) is 7.42. The highest BCUT2D eigenvalue weighted by Crippen LogP contribution is 2.26.